The molecule has 1 aromatic carbocycles. The first-order chi connectivity index (χ1) is 13.2. The molecule has 7 nitrogen and oxygen atoms in total. The number of nitrogens with zero attached hydrogens (tertiary/aromatic N) is 2. The van der Waals surface area contributed by atoms with Crippen LogP contribution in [0.3, 0.4) is 0 Å². The second kappa shape index (κ2) is 7.77. The predicted octanol–water partition coefficient (Wildman–Crippen LogP) is 2.39. The minimum atomic E-state index is -0.490. The van der Waals surface area contributed by atoms with Crippen LogP contribution in [0.5, 0.6) is 17.5 Å². The molecule has 0 bridgehead atoms. The number of hydrogen-bond donors (Lipinski definition) is 1. The van der Waals surface area contributed by atoms with Crippen LogP contribution >= 0.6 is 0 Å². The Morgan fingerprint density at radius 1 is 1.15 bits per heavy atom. The van der Waals surface area contributed by atoms with E-state index in [9.17, 15) is 9.18 Å². The number of rotatable bonds is 5. The van der Waals surface area contributed by atoms with Gasteiger partial charge in [-0.05, 0) is 43.4 Å². The normalized spacial score (nSPS) is 20.9. The highest BCUT2D eigenvalue weighted by atomic mass is 19.1. The van der Waals surface area contributed by atoms with Gasteiger partial charge in [-0.3, -0.25) is 4.79 Å². The van der Waals surface area contributed by atoms with Gasteiger partial charge in [-0.15, -0.1) is 0 Å². The number of carbonyl (C=O) groups is 1. The molecule has 1 saturated carbocycles. The van der Waals surface area contributed by atoms with E-state index in [2.05, 4.69) is 15.3 Å². The highest BCUT2D eigenvalue weighted by molar-refractivity contribution is 5.79. The summed E-state index contributed by atoms with van der Waals surface area (Å²) in [5, 5.41) is 3.08. The number of hydrogen-bond acceptors (Lipinski definition) is 6. The lowest BCUT2D eigenvalue weighted by Crippen LogP contribution is -2.40. The maximum absolute atomic E-state index is 12.8. The van der Waals surface area contributed by atoms with Crippen molar-refractivity contribution in [2.45, 2.75) is 44.2 Å². The van der Waals surface area contributed by atoms with Crippen molar-refractivity contribution in [3.8, 4) is 17.5 Å². The quantitative estimate of drug-likeness (QED) is 0.867. The van der Waals surface area contributed by atoms with Gasteiger partial charge in [-0.25, -0.2) is 14.4 Å². The third-order valence-electron chi connectivity index (χ3n) is 4.71. The molecule has 2 heterocycles. The van der Waals surface area contributed by atoms with Crippen molar-refractivity contribution in [1.82, 2.24) is 15.3 Å². The van der Waals surface area contributed by atoms with Crippen LogP contribution in [0.1, 0.15) is 31.2 Å². The van der Waals surface area contributed by atoms with Crippen molar-refractivity contribution in [3.05, 3.63) is 42.0 Å². The zero-order chi connectivity index (χ0) is 18.6. The van der Waals surface area contributed by atoms with E-state index in [1.165, 1.54) is 0 Å². The monoisotopic (exact) mass is 373 g/mol. The molecule has 1 aliphatic carbocycles. The standard InChI is InChI=1S/C19H20FN3O4/c20-13-9-21-19(22-10-13)27-15-4-2-14(3-5-15)23-18(24)8-12-1-6-16-17(7-12)26-11-25-16/h1,6-7,9-10,14-15H,2-5,8,11H2,(H,23,24). The first-order valence-corrected chi connectivity index (χ1v) is 8.98. The van der Waals surface area contributed by atoms with Crippen molar-refractivity contribution in [1.29, 1.82) is 0 Å². The van der Waals surface area contributed by atoms with E-state index in [1.807, 2.05) is 18.2 Å². The number of aromatic nitrogens is 2. The molecule has 0 radical (unpaired) electrons. The maximum Gasteiger partial charge on any atom is 0.316 e. The fourth-order valence-corrected chi connectivity index (χ4v) is 3.35. The van der Waals surface area contributed by atoms with Crippen molar-refractivity contribution in [3.63, 3.8) is 0 Å². The topological polar surface area (TPSA) is 82.6 Å². The van der Waals surface area contributed by atoms with E-state index in [0.29, 0.717) is 17.9 Å². The Balaban J connectivity index is 1.23. The van der Waals surface area contributed by atoms with Gasteiger partial charge < -0.3 is 19.5 Å². The molecule has 1 aliphatic heterocycles. The molecule has 1 aromatic heterocycles. The average molecular weight is 373 g/mol. The molecule has 2 aromatic rings. The predicted molar refractivity (Wildman–Crippen MR) is 93.1 cm³/mol. The van der Waals surface area contributed by atoms with Gasteiger partial charge in [0.05, 0.1) is 18.8 Å². The Kier molecular flexibility index (Phi) is 5.04. The van der Waals surface area contributed by atoms with Gasteiger partial charge in [-0.2, -0.15) is 0 Å². The summed E-state index contributed by atoms with van der Waals surface area (Å²) < 4.78 is 29.1. The molecule has 2 aliphatic rings. The summed E-state index contributed by atoms with van der Waals surface area (Å²) >= 11 is 0. The number of carbonyl (C=O) groups excluding carboxylic acids is 1. The van der Waals surface area contributed by atoms with Crippen LogP contribution in [-0.2, 0) is 11.2 Å². The summed E-state index contributed by atoms with van der Waals surface area (Å²) in [6, 6.07) is 5.85. The van der Waals surface area contributed by atoms with E-state index in [1.54, 1.807) is 0 Å². The van der Waals surface area contributed by atoms with Gasteiger partial charge in [0, 0.05) is 6.04 Å². The zero-order valence-corrected chi connectivity index (χ0v) is 14.7. The second-order valence-electron chi connectivity index (χ2n) is 6.71. The number of fused-ring (bicyclic) bond motifs is 1. The van der Waals surface area contributed by atoms with Gasteiger partial charge in [-0.1, -0.05) is 6.07 Å². The van der Waals surface area contributed by atoms with Crippen LogP contribution in [0.25, 0.3) is 0 Å². The fourth-order valence-electron chi connectivity index (χ4n) is 3.35. The van der Waals surface area contributed by atoms with E-state index in [-0.39, 0.29) is 30.9 Å². The maximum atomic E-state index is 12.8. The molecule has 0 unspecified atom stereocenters. The lowest BCUT2D eigenvalue weighted by atomic mass is 9.93. The second-order valence-corrected chi connectivity index (χ2v) is 6.71. The lowest BCUT2D eigenvalue weighted by Gasteiger charge is -2.28. The van der Waals surface area contributed by atoms with E-state index in [4.69, 9.17) is 14.2 Å². The third-order valence-corrected chi connectivity index (χ3v) is 4.71. The van der Waals surface area contributed by atoms with Gasteiger partial charge in [0.1, 0.15) is 6.10 Å². The highest BCUT2D eigenvalue weighted by Gasteiger charge is 2.24. The molecule has 0 atom stereocenters. The molecule has 4 rings (SSSR count). The smallest absolute Gasteiger partial charge is 0.316 e. The summed E-state index contributed by atoms with van der Waals surface area (Å²) in [5.41, 5.74) is 0.891. The summed E-state index contributed by atoms with van der Waals surface area (Å²) in [7, 11) is 0. The van der Waals surface area contributed by atoms with Crippen LogP contribution in [-0.4, -0.2) is 34.8 Å². The van der Waals surface area contributed by atoms with Gasteiger partial charge >= 0.3 is 6.01 Å². The first kappa shape index (κ1) is 17.5. The fraction of sp³-hybridized carbons (Fsp3) is 0.421. The Morgan fingerprint density at radius 2 is 1.89 bits per heavy atom. The van der Waals surface area contributed by atoms with E-state index >= 15 is 0 Å². The number of nitrogens with one attached hydrogen (secondary N) is 1. The van der Waals surface area contributed by atoms with E-state index in [0.717, 1.165) is 43.6 Å². The van der Waals surface area contributed by atoms with Crippen LogP contribution in [0.4, 0.5) is 4.39 Å². The Labute approximate surface area is 155 Å². The van der Waals surface area contributed by atoms with Crippen LogP contribution in [0.15, 0.2) is 30.6 Å². The summed E-state index contributed by atoms with van der Waals surface area (Å²) in [6.45, 7) is 0.221. The Hall–Kier alpha value is -2.90. The highest BCUT2D eigenvalue weighted by Crippen LogP contribution is 2.32. The van der Waals surface area contributed by atoms with Crippen LogP contribution in [0, 0.1) is 5.82 Å². The van der Waals surface area contributed by atoms with Crippen LogP contribution in [0.2, 0.25) is 0 Å². The van der Waals surface area contributed by atoms with Crippen molar-refractivity contribution in [2.24, 2.45) is 0 Å². The molecule has 1 fully saturated rings. The minimum Gasteiger partial charge on any atom is -0.460 e. The van der Waals surface area contributed by atoms with Crippen LogP contribution < -0.4 is 19.5 Å². The number of benzene rings is 1. The van der Waals surface area contributed by atoms with Crippen molar-refractivity contribution >= 4 is 5.91 Å². The average Bonchev–Trinajstić information content (AvgIpc) is 3.13. The summed E-state index contributed by atoms with van der Waals surface area (Å²) in [4.78, 5) is 19.9. The zero-order valence-electron chi connectivity index (χ0n) is 14.7. The SMILES string of the molecule is O=C(Cc1ccc2c(c1)OCO2)NC1CCC(Oc2ncc(F)cn2)CC1. The molecule has 1 amide bonds. The molecule has 8 heteroatoms. The molecule has 0 saturated heterocycles. The summed E-state index contributed by atoms with van der Waals surface area (Å²) in [5.74, 6) is 0.889. The minimum absolute atomic E-state index is 0.0138. The molecule has 142 valence electrons. The largest absolute Gasteiger partial charge is 0.460 e. The van der Waals surface area contributed by atoms with E-state index < -0.39 is 5.82 Å². The Morgan fingerprint density at radius 3 is 2.67 bits per heavy atom. The van der Waals surface area contributed by atoms with Gasteiger partial charge in [0.15, 0.2) is 17.3 Å². The molecule has 1 N–H and O–H groups in total. The number of ether oxygens (including phenoxy) is 3. The first-order valence-electron chi connectivity index (χ1n) is 8.98. The molecular formula is C19H20FN3O4. The number of halogens is 1. The molecule has 27 heavy (non-hydrogen) atoms. The van der Waals surface area contributed by atoms with Gasteiger partial charge in [0.25, 0.3) is 0 Å². The van der Waals surface area contributed by atoms with Gasteiger partial charge in [0.2, 0.25) is 12.7 Å². The molecule has 0 spiro atoms. The lowest BCUT2D eigenvalue weighted by molar-refractivity contribution is -0.121. The number of amides is 1. The Bertz CT molecular complexity index is 807. The third kappa shape index (κ3) is 4.45. The summed E-state index contributed by atoms with van der Waals surface area (Å²) in [6.07, 6.45) is 5.67. The van der Waals surface area contributed by atoms with Crippen molar-refractivity contribution < 1.29 is 23.4 Å². The molecular weight excluding hydrogens is 353 g/mol. The van der Waals surface area contributed by atoms with Crippen molar-refractivity contribution in [2.75, 3.05) is 6.79 Å².